The number of carboxylic acid groups (broad SMARTS) is 1. The van der Waals surface area contributed by atoms with Gasteiger partial charge in [-0.05, 0) is 33.1 Å². The lowest BCUT2D eigenvalue weighted by Gasteiger charge is -2.39. The van der Waals surface area contributed by atoms with Gasteiger partial charge in [-0.25, -0.2) is 9.59 Å². The molecule has 0 heterocycles. The molecule has 21 heavy (non-hydrogen) atoms. The predicted molar refractivity (Wildman–Crippen MR) is 77.3 cm³/mol. The van der Waals surface area contributed by atoms with Crippen molar-refractivity contribution in [1.29, 1.82) is 0 Å². The van der Waals surface area contributed by atoms with Gasteiger partial charge in [0.25, 0.3) is 0 Å². The van der Waals surface area contributed by atoms with Crippen LogP contribution in [0.1, 0.15) is 33.1 Å². The standard InChI is InChI=1S/C14H26N2O5/c1-3-20-10-8-16(9-11-21-4-2)13(19)15-14(12(17)18)6-5-7-14/h3-11H2,1-2H3,(H,15,19)(H,17,18). The number of ether oxygens (including phenoxy) is 2. The highest BCUT2D eigenvalue weighted by Crippen LogP contribution is 2.32. The molecule has 0 aromatic heterocycles. The Morgan fingerprint density at radius 1 is 1.14 bits per heavy atom. The fourth-order valence-corrected chi connectivity index (χ4v) is 2.16. The minimum absolute atomic E-state index is 0.364. The molecule has 0 radical (unpaired) electrons. The quantitative estimate of drug-likeness (QED) is 0.590. The number of amides is 2. The van der Waals surface area contributed by atoms with Gasteiger partial charge in [-0.15, -0.1) is 0 Å². The fourth-order valence-electron chi connectivity index (χ4n) is 2.16. The lowest BCUT2D eigenvalue weighted by molar-refractivity contribution is -0.148. The number of aliphatic carboxylic acids is 1. The van der Waals surface area contributed by atoms with E-state index < -0.39 is 11.5 Å². The molecule has 0 spiro atoms. The third kappa shape index (κ3) is 5.17. The van der Waals surface area contributed by atoms with Gasteiger partial charge < -0.3 is 24.8 Å². The average Bonchev–Trinajstić information content (AvgIpc) is 2.40. The van der Waals surface area contributed by atoms with E-state index in [-0.39, 0.29) is 6.03 Å². The molecule has 0 unspecified atom stereocenters. The first-order valence-corrected chi connectivity index (χ1v) is 7.51. The van der Waals surface area contributed by atoms with Gasteiger partial charge in [0, 0.05) is 26.3 Å². The summed E-state index contributed by atoms with van der Waals surface area (Å²) in [5, 5.41) is 11.9. The molecular formula is C14H26N2O5. The Labute approximate surface area is 125 Å². The first-order chi connectivity index (χ1) is 10.1. The highest BCUT2D eigenvalue weighted by atomic mass is 16.5. The first kappa shape index (κ1) is 17.7. The van der Waals surface area contributed by atoms with E-state index in [4.69, 9.17) is 9.47 Å². The molecule has 0 aromatic carbocycles. The Morgan fingerprint density at radius 3 is 2.00 bits per heavy atom. The molecule has 1 rings (SSSR count). The lowest BCUT2D eigenvalue weighted by atomic mass is 9.77. The number of nitrogens with one attached hydrogen (secondary N) is 1. The van der Waals surface area contributed by atoms with E-state index in [9.17, 15) is 14.7 Å². The van der Waals surface area contributed by atoms with E-state index in [1.165, 1.54) is 0 Å². The van der Waals surface area contributed by atoms with E-state index in [0.29, 0.717) is 52.4 Å². The van der Waals surface area contributed by atoms with Gasteiger partial charge in [0.15, 0.2) is 0 Å². The Kier molecular flexibility index (Phi) is 7.45. The number of rotatable bonds is 10. The predicted octanol–water partition coefficient (Wildman–Crippen LogP) is 1.08. The number of carboxylic acids is 1. The molecule has 0 bridgehead atoms. The van der Waals surface area contributed by atoms with Gasteiger partial charge in [-0.3, -0.25) is 0 Å². The average molecular weight is 302 g/mol. The second-order valence-electron chi connectivity index (χ2n) is 5.05. The van der Waals surface area contributed by atoms with Gasteiger partial charge in [0.2, 0.25) is 0 Å². The summed E-state index contributed by atoms with van der Waals surface area (Å²) in [6.07, 6.45) is 1.79. The van der Waals surface area contributed by atoms with Crippen LogP contribution >= 0.6 is 0 Å². The highest BCUT2D eigenvalue weighted by Gasteiger charge is 2.46. The zero-order valence-electron chi connectivity index (χ0n) is 12.9. The van der Waals surface area contributed by atoms with Crippen molar-refractivity contribution in [3.05, 3.63) is 0 Å². The van der Waals surface area contributed by atoms with Gasteiger partial charge in [0.1, 0.15) is 5.54 Å². The molecule has 1 saturated carbocycles. The fraction of sp³-hybridized carbons (Fsp3) is 0.857. The van der Waals surface area contributed by atoms with Crippen LogP contribution in [-0.2, 0) is 14.3 Å². The zero-order chi connectivity index (χ0) is 15.7. The van der Waals surface area contributed by atoms with Crippen LogP contribution in [0.25, 0.3) is 0 Å². The maximum absolute atomic E-state index is 12.3. The van der Waals surface area contributed by atoms with Crippen LogP contribution in [0, 0.1) is 0 Å². The maximum atomic E-state index is 12.3. The molecule has 1 aliphatic carbocycles. The monoisotopic (exact) mass is 302 g/mol. The molecule has 122 valence electrons. The molecule has 1 fully saturated rings. The number of urea groups is 1. The Bertz CT molecular complexity index is 334. The van der Waals surface area contributed by atoms with Crippen LogP contribution in [0.3, 0.4) is 0 Å². The SMILES string of the molecule is CCOCCN(CCOCC)C(=O)NC1(C(=O)O)CCC1. The molecule has 2 N–H and O–H groups in total. The number of hydrogen-bond acceptors (Lipinski definition) is 4. The molecule has 0 saturated heterocycles. The van der Waals surface area contributed by atoms with Crippen molar-refractivity contribution in [3.8, 4) is 0 Å². The molecule has 0 aromatic rings. The summed E-state index contributed by atoms with van der Waals surface area (Å²) in [5.41, 5.74) is -1.09. The van der Waals surface area contributed by atoms with Crippen molar-refractivity contribution >= 4 is 12.0 Å². The highest BCUT2D eigenvalue weighted by molar-refractivity contribution is 5.87. The third-order valence-corrected chi connectivity index (χ3v) is 3.67. The van der Waals surface area contributed by atoms with Crippen molar-refractivity contribution in [1.82, 2.24) is 10.2 Å². The van der Waals surface area contributed by atoms with Crippen molar-refractivity contribution in [3.63, 3.8) is 0 Å². The smallest absolute Gasteiger partial charge is 0.329 e. The minimum Gasteiger partial charge on any atom is -0.480 e. The third-order valence-electron chi connectivity index (χ3n) is 3.67. The second kappa shape index (κ2) is 8.84. The van der Waals surface area contributed by atoms with Crippen LogP contribution in [0.15, 0.2) is 0 Å². The van der Waals surface area contributed by atoms with E-state index in [1.807, 2.05) is 13.8 Å². The van der Waals surface area contributed by atoms with Crippen LogP contribution < -0.4 is 5.32 Å². The summed E-state index contributed by atoms with van der Waals surface area (Å²) in [4.78, 5) is 25.1. The molecular weight excluding hydrogens is 276 g/mol. The van der Waals surface area contributed by atoms with E-state index >= 15 is 0 Å². The minimum atomic E-state index is -1.09. The van der Waals surface area contributed by atoms with Crippen molar-refractivity contribution in [2.24, 2.45) is 0 Å². The number of carbonyl (C=O) groups excluding carboxylic acids is 1. The van der Waals surface area contributed by atoms with Crippen molar-refractivity contribution < 1.29 is 24.2 Å². The van der Waals surface area contributed by atoms with Crippen LogP contribution in [0.2, 0.25) is 0 Å². The van der Waals surface area contributed by atoms with Crippen LogP contribution in [0.4, 0.5) is 4.79 Å². The molecule has 1 aliphatic rings. The van der Waals surface area contributed by atoms with Gasteiger partial charge in [-0.2, -0.15) is 0 Å². The number of nitrogens with zero attached hydrogens (tertiary/aromatic N) is 1. The maximum Gasteiger partial charge on any atom is 0.329 e. The topological polar surface area (TPSA) is 88.1 Å². The largest absolute Gasteiger partial charge is 0.480 e. The molecule has 0 aliphatic heterocycles. The summed E-state index contributed by atoms with van der Waals surface area (Å²) in [7, 11) is 0. The molecule has 7 nitrogen and oxygen atoms in total. The molecule has 2 amide bonds. The van der Waals surface area contributed by atoms with E-state index in [1.54, 1.807) is 4.90 Å². The second-order valence-corrected chi connectivity index (χ2v) is 5.05. The van der Waals surface area contributed by atoms with Gasteiger partial charge in [-0.1, -0.05) is 0 Å². The Balaban J connectivity index is 2.54. The summed E-state index contributed by atoms with van der Waals surface area (Å²) in [6.45, 7) is 6.63. The summed E-state index contributed by atoms with van der Waals surface area (Å²) < 4.78 is 10.5. The Morgan fingerprint density at radius 2 is 1.67 bits per heavy atom. The summed E-state index contributed by atoms with van der Waals surface area (Å²) >= 11 is 0. The zero-order valence-corrected chi connectivity index (χ0v) is 12.9. The molecule has 7 heteroatoms. The van der Waals surface area contributed by atoms with Crippen LogP contribution in [0.5, 0.6) is 0 Å². The van der Waals surface area contributed by atoms with Gasteiger partial charge in [0.05, 0.1) is 13.2 Å². The van der Waals surface area contributed by atoms with Crippen molar-refractivity contribution in [2.75, 3.05) is 39.5 Å². The molecule has 0 atom stereocenters. The van der Waals surface area contributed by atoms with E-state index in [0.717, 1.165) is 6.42 Å². The Hall–Kier alpha value is -1.34. The lowest BCUT2D eigenvalue weighted by Crippen LogP contribution is -2.62. The number of hydrogen-bond donors (Lipinski definition) is 2. The van der Waals surface area contributed by atoms with E-state index in [2.05, 4.69) is 5.32 Å². The summed E-state index contributed by atoms with van der Waals surface area (Å²) in [6, 6.07) is -0.364. The normalized spacial score (nSPS) is 16.1. The summed E-state index contributed by atoms with van der Waals surface area (Å²) in [5.74, 6) is -0.961. The van der Waals surface area contributed by atoms with Crippen LogP contribution in [-0.4, -0.2) is 67.1 Å². The number of carbonyl (C=O) groups is 2. The van der Waals surface area contributed by atoms with Gasteiger partial charge >= 0.3 is 12.0 Å². The first-order valence-electron chi connectivity index (χ1n) is 7.51. The van der Waals surface area contributed by atoms with Crippen molar-refractivity contribution in [2.45, 2.75) is 38.6 Å².